The molecule has 0 atom stereocenters. The molecule has 0 bridgehead atoms. The fourth-order valence-corrected chi connectivity index (χ4v) is 2.92. The fourth-order valence-electron chi connectivity index (χ4n) is 2.29. The number of hydrogen-bond donors (Lipinski definition) is 0. The molecule has 4 rings (SSSR count). The molecule has 0 N–H and O–H groups in total. The Kier molecular flexibility index (Phi) is 3.31. The van der Waals surface area contributed by atoms with E-state index in [0.29, 0.717) is 11.9 Å². The second-order valence-corrected chi connectivity index (χ2v) is 5.81. The maximum absolute atomic E-state index is 12.7. The highest BCUT2D eigenvalue weighted by molar-refractivity contribution is 7.13. The number of alkyl halides is 3. The van der Waals surface area contributed by atoms with Gasteiger partial charge >= 0.3 is 6.18 Å². The standard InChI is InChI=1S/C15H8F3N5S/c16-15(17,18)12-8-21-23-11(7-20-14(23)22-12)9-2-1-3-10(6-9)13-19-4-5-24-13/h1-8H. The Morgan fingerprint density at radius 3 is 2.62 bits per heavy atom. The van der Waals surface area contributed by atoms with E-state index in [1.807, 2.05) is 29.6 Å². The number of thiazole rings is 1. The van der Waals surface area contributed by atoms with Crippen LogP contribution in [0.15, 0.2) is 48.2 Å². The lowest BCUT2D eigenvalue weighted by Crippen LogP contribution is -2.11. The Bertz CT molecular complexity index is 1010. The predicted octanol–water partition coefficient (Wildman–Crippen LogP) is 3.93. The quantitative estimate of drug-likeness (QED) is 0.551. The largest absolute Gasteiger partial charge is 0.435 e. The molecule has 0 aliphatic rings. The summed E-state index contributed by atoms with van der Waals surface area (Å²) in [5, 5.41) is 6.57. The minimum Gasteiger partial charge on any atom is -0.245 e. The molecule has 0 radical (unpaired) electrons. The number of hydrogen-bond acceptors (Lipinski definition) is 5. The van der Waals surface area contributed by atoms with Gasteiger partial charge in [0.1, 0.15) is 5.01 Å². The van der Waals surface area contributed by atoms with Gasteiger partial charge in [0, 0.05) is 22.7 Å². The van der Waals surface area contributed by atoms with Crippen LogP contribution in [0.25, 0.3) is 27.6 Å². The molecule has 24 heavy (non-hydrogen) atoms. The van der Waals surface area contributed by atoms with Crippen LogP contribution in [0.3, 0.4) is 0 Å². The lowest BCUT2D eigenvalue weighted by Gasteiger charge is -2.06. The molecular formula is C15H8F3N5S. The predicted molar refractivity (Wildman–Crippen MR) is 82.3 cm³/mol. The molecule has 1 aromatic carbocycles. The molecule has 3 aromatic heterocycles. The number of imidazole rings is 1. The van der Waals surface area contributed by atoms with Crippen LogP contribution in [-0.2, 0) is 6.18 Å². The van der Waals surface area contributed by atoms with Gasteiger partial charge in [-0.05, 0) is 6.07 Å². The Hall–Kier alpha value is -2.81. The van der Waals surface area contributed by atoms with Crippen molar-refractivity contribution in [1.82, 2.24) is 24.6 Å². The lowest BCUT2D eigenvalue weighted by molar-refractivity contribution is -0.141. The zero-order valence-corrected chi connectivity index (χ0v) is 12.7. The third-order valence-electron chi connectivity index (χ3n) is 3.36. The first-order valence-corrected chi connectivity index (χ1v) is 7.68. The summed E-state index contributed by atoms with van der Waals surface area (Å²) in [6.45, 7) is 0. The van der Waals surface area contributed by atoms with E-state index in [-0.39, 0.29) is 5.78 Å². The van der Waals surface area contributed by atoms with Crippen molar-refractivity contribution in [3.63, 3.8) is 0 Å². The molecule has 5 nitrogen and oxygen atoms in total. The first-order valence-electron chi connectivity index (χ1n) is 6.81. The average Bonchev–Trinajstić information content (AvgIpc) is 3.23. The molecule has 0 saturated carbocycles. The van der Waals surface area contributed by atoms with Crippen LogP contribution in [0, 0.1) is 0 Å². The van der Waals surface area contributed by atoms with Gasteiger partial charge in [0.15, 0.2) is 5.69 Å². The minimum atomic E-state index is -4.55. The normalized spacial score (nSPS) is 12.0. The molecule has 0 fully saturated rings. The molecular weight excluding hydrogens is 339 g/mol. The molecule has 3 heterocycles. The maximum atomic E-state index is 12.7. The highest BCUT2D eigenvalue weighted by Gasteiger charge is 2.33. The number of halogens is 3. The Morgan fingerprint density at radius 2 is 1.88 bits per heavy atom. The Labute approximate surface area is 137 Å². The molecule has 0 amide bonds. The monoisotopic (exact) mass is 347 g/mol. The van der Waals surface area contributed by atoms with Crippen molar-refractivity contribution in [1.29, 1.82) is 0 Å². The van der Waals surface area contributed by atoms with Crippen LogP contribution in [0.5, 0.6) is 0 Å². The van der Waals surface area contributed by atoms with Crippen molar-refractivity contribution in [2.75, 3.05) is 0 Å². The van der Waals surface area contributed by atoms with Crippen LogP contribution in [0.1, 0.15) is 5.69 Å². The number of aromatic nitrogens is 5. The van der Waals surface area contributed by atoms with Crippen LogP contribution in [0.2, 0.25) is 0 Å². The molecule has 120 valence electrons. The number of benzene rings is 1. The molecule has 0 unspecified atom stereocenters. The summed E-state index contributed by atoms with van der Waals surface area (Å²) in [4.78, 5) is 11.7. The molecule has 9 heteroatoms. The fraction of sp³-hybridized carbons (Fsp3) is 0.0667. The number of rotatable bonds is 2. The van der Waals surface area contributed by atoms with Gasteiger partial charge < -0.3 is 0 Å². The van der Waals surface area contributed by atoms with E-state index in [1.54, 1.807) is 6.20 Å². The van der Waals surface area contributed by atoms with Crippen molar-refractivity contribution in [3.05, 3.63) is 53.9 Å². The van der Waals surface area contributed by atoms with Gasteiger partial charge in [-0.1, -0.05) is 18.2 Å². The third-order valence-corrected chi connectivity index (χ3v) is 4.19. The van der Waals surface area contributed by atoms with Crippen LogP contribution in [-0.4, -0.2) is 24.6 Å². The molecule has 0 spiro atoms. The van der Waals surface area contributed by atoms with E-state index < -0.39 is 11.9 Å². The highest BCUT2D eigenvalue weighted by atomic mass is 32.1. The Morgan fingerprint density at radius 1 is 1.04 bits per heavy atom. The van der Waals surface area contributed by atoms with E-state index in [1.165, 1.54) is 22.0 Å². The van der Waals surface area contributed by atoms with Gasteiger partial charge in [0.25, 0.3) is 5.78 Å². The Balaban J connectivity index is 1.81. The van der Waals surface area contributed by atoms with Gasteiger partial charge in [-0.15, -0.1) is 11.3 Å². The first kappa shape index (κ1) is 14.8. The van der Waals surface area contributed by atoms with E-state index >= 15 is 0 Å². The summed E-state index contributed by atoms with van der Waals surface area (Å²) >= 11 is 1.50. The van der Waals surface area contributed by atoms with Crippen molar-refractivity contribution < 1.29 is 13.2 Å². The second kappa shape index (κ2) is 5.38. The average molecular weight is 347 g/mol. The summed E-state index contributed by atoms with van der Waals surface area (Å²) in [6.07, 6.45) is -0.685. The maximum Gasteiger partial charge on any atom is 0.435 e. The van der Waals surface area contributed by atoms with E-state index in [4.69, 9.17) is 0 Å². The summed E-state index contributed by atoms with van der Waals surface area (Å²) < 4.78 is 39.4. The molecule has 0 saturated heterocycles. The lowest BCUT2D eigenvalue weighted by atomic mass is 10.1. The SMILES string of the molecule is FC(F)(F)c1cnn2c(-c3cccc(-c4nccs4)c3)cnc2n1. The van der Waals surface area contributed by atoms with Gasteiger partial charge in [0.05, 0.1) is 18.1 Å². The third kappa shape index (κ3) is 2.52. The summed E-state index contributed by atoms with van der Waals surface area (Å²) in [5.41, 5.74) is 1.18. The van der Waals surface area contributed by atoms with Gasteiger partial charge in [-0.3, -0.25) is 0 Å². The van der Waals surface area contributed by atoms with Crippen molar-refractivity contribution in [2.24, 2.45) is 0 Å². The zero-order chi connectivity index (χ0) is 16.7. The van der Waals surface area contributed by atoms with E-state index in [0.717, 1.165) is 16.1 Å². The van der Waals surface area contributed by atoms with Crippen LogP contribution < -0.4 is 0 Å². The van der Waals surface area contributed by atoms with Crippen molar-refractivity contribution in [2.45, 2.75) is 6.18 Å². The number of nitrogens with zero attached hydrogens (tertiary/aromatic N) is 5. The smallest absolute Gasteiger partial charge is 0.245 e. The summed E-state index contributed by atoms with van der Waals surface area (Å²) in [7, 11) is 0. The second-order valence-electron chi connectivity index (χ2n) is 4.91. The highest BCUT2D eigenvalue weighted by Crippen LogP contribution is 2.29. The van der Waals surface area contributed by atoms with Crippen molar-refractivity contribution in [3.8, 4) is 21.8 Å². The van der Waals surface area contributed by atoms with Crippen LogP contribution >= 0.6 is 11.3 Å². The van der Waals surface area contributed by atoms with Crippen molar-refractivity contribution >= 4 is 17.1 Å². The molecule has 0 aliphatic heterocycles. The minimum absolute atomic E-state index is 0.0977. The zero-order valence-electron chi connectivity index (χ0n) is 11.9. The van der Waals surface area contributed by atoms with Gasteiger partial charge in [-0.2, -0.15) is 22.8 Å². The summed E-state index contributed by atoms with van der Waals surface area (Å²) in [5.74, 6) is -0.0977. The number of fused-ring (bicyclic) bond motifs is 1. The first-order chi connectivity index (χ1) is 11.5. The molecule has 4 aromatic rings. The molecule has 0 aliphatic carbocycles. The van der Waals surface area contributed by atoms with Crippen LogP contribution in [0.4, 0.5) is 13.2 Å². The van der Waals surface area contributed by atoms with E-state index in [9.17, 15) is 13.2 Å². The topological polar surface area (TPSA) is 56.0 Å². The van der Waals surface area contributed by atoms with Gasteiger partial charge in [0.2, 0.25) is 0 Å². The summed E-state index contributed by atoms with van der Waals surface area (Å²) in [6, 6.07) is 7.49. The van der Waals surface area contributed by atoms with Gasteiger partial charge in [-0.25, -0.2) is 15.0 Å². The van der Waals surface area contributed by atoms with E-state index in [2.05, 4.69) is 20.1 Å².